The molecular formula is C25H23ClF2N6O3. The van der Waals surface area contributed by atoms with Gasteiger partial charge in [-0.1, -0.05) is 29.8 Å². The SMILES string of the molecule is O=C(CCCNc1nc(Oc2ccc(F)cc2F)nc2n[nH]c(-c3ccccc3Cl)c12)N1CCOCC1. The van der Waals surface area contributed by atoms with Crippen LogP contribution in [0.25, 0.3) is 22.3 Å². The monoisotopic (exact) mass is 528 g/mol. The second-order valence-corrected chi connectivity index (χ2v) is 8.74. The molecule has 0 radical (unpaired) electrons. The minimum Gasteiger partial charge on any atom is -0.421 e. The predicted octanol–water partition coefficient (Wildman–Crippen LogP) is 4.79. The van der Waals surface area contributed by atoms with E-state index >= 15 is 0 Å². The van der Waals surface area contributed by atoms with Crippen LogP contribution in [0.15, 0.2) is 42.5 Å². The Labute approximate surface area is 215 Å². The normalized spacial score (nSPS) is 13.6. The molecule has 0 spiro atoms. The van der Waals surface area contributed by atoms with Crippen molar-refractivity contribution in [3.05, 3.63) is 59.1 Å². The van der Waals surface area contributed by atoms with E-state index in [2.05, 4.69) is 25.5 Å². The van der Waals surface area contributed by atoms with Gasteiger partial charge in [-0.15, -0.1) is 0 Å². The average Bonchev–Trinajstić information content (AvgIpc) is 3.33. The van der Waals surface area contributed by atoms with E-state index in [1.165, 1.54) is 0 Å². The molecule has 0 unspecified atom stereocenters. The highest BCUT2D eigenvalue weighted by atomic mass is 35.5. The number of hydrogen-bond donors (Lipinski definition) is 2. The Kier molecular flexibility index (Phi) is 7.42. The Hall–Kier alpha value is -3.83. The van der Waals surface area contributed by atoms with Crippen molar-refractivity contribution >= 4 is 34.4 Å². The van der Waals surface area contributed by atoms with Crippen LogP contribution in [0.3, 0.4) is 0 Å². The van der Waals surface area contributed by atoms with E-state index in [0.29, 0.717) is 79.2 Å². The van der Waals surface area contributed by atoms with Crippen molar-refractivity contribution in [3.8, 4) is 23.0 Å². The second-order valence-electron chi connectivity index (χ2n) is 8.33. The second kappa shape index (κ2) is 11.1. The molecule has 3 heterocycles. The van der Waals surface area contributed by atoms with Crippen LogP contribution in [0.1, 0.15) is 12.8 Å². The van der Waals surface area contributed by atoms with Crippen LogP contribution >= 0.6 is 11.6 Å². The van der Waals surface area contributed by atoms with Gasteiger partial charge in [0.25, 0.3) is 0 Å². The first-order chi connectivity index (χ1) is 18.0. The van der Waals surface area contributed by atoms with Crippen molar-refractivity contribution in [1.82, 2.24) is 25.1 Å². The average molecular weight is 529 g/mol. The highest BCUT2D eigenvalue weighted by Gasteiger charge is 2.20. The Morgan fingerprint density at radius 1 is 1.16 bits per heavy atom. The summed E-state index contributed by atoms with van der Waals surface area (Å²) in [6.45, 7) is 2.70. The number of H-pyrrole nitrogens is 1. The minimum absolute atomic E-state index is 0.0637. The van der Waals surface area contributed by atoms with Gasteiger partial charge in [-0.25, -0.2) is 8.78 Å². The number of rotatable bonds is 8. The molecule has 1 aliphatic rings. The van der Waals surface area contributed by atoms with Crippen LogP contribution in [0.5, 0.6) is 11.8 Å². The number of nitrogens with one attached hydrogen (secondary N) is 2. The smallest absolute Gasteiger partial charge is 0.326 e. The van der Waals surface area contributed by atoms with E-state index < -0.39 is 11.6 Å². The lowest BCUT2D eigenvalue weighted by atomic mass is 10.1. The number of benzene rings is 2. The zero-order valence-corrected chi connectivity index (χ0v) is 20.4. The van der Waals surface area contributed by atoms with Crippen LogP contribution in [0.2, 0.25) is 5.02 Å². The van der Waals surface area contributed by atoms with Crippen molar-refractivity contribution in [2.24, 2.45) is 0 Å². The number of morpholine rings is 1. The first-order valence-electron chi connectivity index (χ1n) is 11.7. The fourth-order valence-corrected chi connectivity index (χ4v) is 4.24. The number of aromatic nitrogens is 4. The Morgan fingerprint density at radius 2 is 1.97 bits per heavy atom. The highest BCUT2D eigenvalue weighted by Crippen LogP contribution is 2.36. The highest BCUT2D eigenvalue weighted by molar-refractivity contribution is 6.33. The zero-order valence-electron chi connectivity index (χ0n) is 19.6. The molecule has 192 valence electrons. The topological polar surface area (TPSA) is 105 Å². The molecule has 0 saturated carbocycles. The van der Waals surface area contributed by atoms with Gasteiger partial charge >= 0.3 is 6.01 Å². The third-order valence-corrected chi connectivity index (χ3v) is 6.18. The summed E-state index contributed by atoms with van der Waals surface area (Å²) in [7, 11) is 0. The number of halogens is 3. The molecule has 2 N–H and O–H groups in total. The van der Waals surface area contributed by atoms with Crippen molar-refractivity contribution in [2.45, 2.75) is 12.8 Å². The van der Waals surface area contributed by atoms with Crippen LogP contribution < -0.4 is 10.1 Å². The van der Waals surface area contributed by atoms with Gasteiger partial charge in [-0.3, -0.25) is 9.89 Å². The van der Waals surface area contributed by atoms with E-state index in [4.69, 9.17) is 21.1 Å². The summed E-state index contributed by atoms with van der Waals surface area (Å²) >= 11 is 6.42. The fraction of sp³-hybridized carbons (Fsp3) is 0.280. The summed E-state index contributed by atoms with van der Waals surface area (Å²) in [6, 6.07) is 10.0. The molecule has 4 aromatic rings. The summed E-state index contributed by atoms with van der Waals surface area (Å²) in [4.78, 5) is 23.0. The van der Waals surface area contributed by atoms with Gasteiger partial charge in [0.05, 0.1) is 24.3 Å². The summed E-state index contributed by atoms with van der Waals surface area (Å²) in [5.41, 5.74) is 1.54. The lowest BCUT2D eigenvalue weighted by molar-refractivity contribution is -0.135. The number of hydrogen-bond acceptors (Lipinski definition) is 7. The molecule has 0 bridgehead atoms. The Bertz CT molecular complexity index is 1430. The Balaban J connectivity index is 1.41. The molecule has 0 atom stereocenters. The quantitative estimate of drug-likeness (QED) is 0.317. The maximum atomic E-state index is 14.2. The van der Waals surface area contributed by atoms with Gasteiger partial charge < -0.3 is 19.7 Å². The van der Waals surface area contributed by atoms with E-state index in [0.717, 1.165) is 12.1 Å². The Morgan fingerprint density at radius 3 is 2.76 bits per heavy atom. The number of nitrogens with zero attached hydrogens (tertiary/aromatic N) is 4. The lowest BCUT2D eigenvalue weighted by Gasteiger charge is -2.26. The third-order valence-electron chi connectivity index (χ3n) is 5.86. The van der Waals surface area contributed by atoms with Crippen LogP contribution in [0, 0.1) is 11.6 Å². The minimum atomic E-state index is -0.890. The van der Waals surface area contributed by atoms with Crippen molar-refractivity contribution in [1.29, 1.82) is 0 Å². The van der Waals surface area contributed by atoms with Gasteiger partial charge in [0, 0.05) is 42.7 Å². The molecule has 37 heavy (non-hydrogen) atoms. The number of amides is 1. The van der Waals surface area contributed by atoms with E-state index in [1.54, 1.807) is 11.0 Å². The van der Waals surface area contributed by atoms with Gasteiger partial charge in [0.15, 0.2) is 17.2 Å². The standard InChI is InChI=1S/C25H23ClF2N6O3/c26-17-5-2-1-4-16(17)22-21-23(29-9-3-6-20(35)34-10-12-36-13-11-34)30-25(31-24(21)33-32-22)37-19-8-7-15(27)14-18(19)28/h1-2,4-5,7-8,14H,3,6,9-13H2,(H2,29,30,31,32,33). The van der Waals surface area contributed by atoms with Crippen molar-refractivity contribution in [2.75, 3.05) is 38.2 Å². The first-order valence-corrected chi connectivity index (χ1v) is 12.1. The first kappa shape index (κ1) is 24.8. The summed E-state index contributed by atoms with van der Waals surface area (Å²) in [5, 5.41) is 11.5. The maximum Gasteiger partial charge on any atom is 0.326 e. The number of aromatic amines is 1. The van der Waals surface area contributed by atoms with Gasteiger partial charge in [-0.05, 0) is 24.6 Å². The van der Waals surface area contributed by atoms with Gasteiger partial charge in [-0.2, -0.15) is 15.1 Å². The number of carbonyl (C=O) groups is 1. The third kappa shape index (κ3) is 5.62. The van der Waals surface area contributed by atoms with E-state index in [-0.39, 0.29) is 23.3 Å². The number of carbonyl (C=O) groups excluding carboxylic acids is 1. The van der Waals surface area contributed by atoms with Crippen molar-refractivity contribution < 1.29 is 23.0 Å². The van der Waals surface area contributed by atoms with Crippen molar-refractivity contribution in [3.63, 3.8) is 0 Å². The van der Waals surface area contributed by atoms with Crippen LogP contribution in [-0.4, -0.2) is 63.8 Å². The molecule has 1 fully saturated rings. The molecular weight excluding hydrogens is 506 g/mol. The summed E-state index contributed by atoms with van der Waals surface area (Å²) in [6.07, 6.45) is 0.901. The van der Waals surface area contributed by atoms with Gasteiger partial charge in [0.1, 0.15) is 11.6 Å². The maximum absolute atomic E-state index is 14.2. The van der Waals surface area contributed by atoms with Gasteiger partial charge in [0.2, 0.25) is 5.91 Å². The molecule has 0 aliphatic carbocycles. The summed E-state index contributed by atoms with van der Waals surface area (Å²) < 4.78 is 38.3. The van der Waals surface area contributed by atoms with E-state index in [1.807, 2.05) is 18.2 Å². The fourth-order valence-electron chi connectivity index (χ4n) is 4.01. The summed E-state index contributed by atoms with van der Waals surface area (Å²) in [5.74, 6) is -1.42. The number of ether oxygens (including phenoxy) is 2. The van der Waals surface area contributed by atoms with Crippen LogP contribution in [0.4, 0.5) is 14.6 Å². The molecule has 9 nitrogen and oxygen atoms in total. The predicted molar refractivity (Wildman–Crippen MR) is 134 cm³/mol. The molecule has 12 heteroatoms. The number of anilines is 1. The molecule has 2 aromatic heterocycles. The zero-order chi connectivity index (χ0) is 25.8. The lowest BCUT2D eigenvalue weighted by Crippen LogP contribution is -2.40. The van der Waals surface area contributed by atoms with Crippen LogP contribution in [-0.2, 0) is 9.53 Å². The molecule has 1 saturated heterocycles. The molecule has 1 amide bonds. The molecule has 2 aromatic carbocycles. The van der Waals surface area contributed by atoms with E-state index in [9.17, 15) is 13.6 Å². The largest absolute Gasteiger partial charge is 0.421 e. The molecule has 1 aliphatic heterocycles. The molecule has 5 rings (SSSR count). The number of fused-ring (bicyclic) bond motifs is 1.